The van der Waals surface area contributed by atoms with Gasteiger partial charge in [-0.1, -0.05) is 0 Å². The maximum absolute atomic E-state index is 12.4. The maximum Gasteiger partial charge on any atom is 0.410 e. The molecule has 0 aromatic heterocycles. The van der Waals surface area contributed by atoms with Crippen LogP contribution in [0.5, 0.6) is 0 Å². The Morgan fingerprint density at radius 2 is 1.86 bits per heavy atom. The first-order valence-electron chi connectivity index (χ1n) is 4.31. The van der Waals surface area contributed by atoms with Gasteiger partial charge in [-0.2, -0.15) is 13.2 Å². The fourth-order valence-corrected chi connectivity index (χ4v) is 1.17. The molecule has 0 radical (unpaired) electrons. The predicted molar refractivity (Wildman–Crippen MR) is 45.6 cm³/mol. The summed E-state index contributed by atoms with van der Waals surface area (Å²) in [5, 5.41) is 2.34. The van der Waals surface area contributed by atoms with E-state index in [0.29, 0.717) is 18.5 Å². The van der Waals surface area contributed by atoms with Crippen LogP contribution in [0.25, 0.3) is 0 Å². The first-order valence-corrected chi connectivity index (χ1v) is 4.31. The van der Waals surface area contributed by atoms with E-state index in [4.69, 9.17) is 0 Å². The third-order valence-corrected chi connectivity index (χ3v) is 2.16. The average molecular weight is 207 g/mol. The van der Waals surface area contributed by atoms with Crippen LogP contribution in [0, 0.1) is 0 Å². The van der Waals surface area contributed by atoms with E-state index in [1.165, 1.54) is 6.08 Å². The Bertz CT molecular complexity index is 278. The Kier molecular flexibility index (Phi) is 2.61. The third-order valence-electron chi connectivity index (χ3n) is 2.16. The molecule has 0 bridgehead atoms. The van der Waals surface area contributed by atoms with Crippen LogP contribution in [0.2, 0.25) is 0 Å². The van der Waals surface area contributed by atoms with Crippen LogP contribution in [0.15, 0.2) is 11.8 Å². The third kappa shape index (κ3) is 2.27. The van der Waals surface area contributed by atoms with Crippen LogP contribution < -0.4 is 5.32 Å². The minimum atomic E-state index is -4.32. The highest BCUT2D eigenvalue weighted by Crippen LogP contribution is 2.31. The smallest absolute Gasteiger partial charge is 0.375 e. The number of allylic oxidation sites excluding steroid dienone is 2. The molecule has 5 heteroatoms. The van der Waals surface area contributed by atoms with E-state index in [2.05, 4.69) is 5.32 Å². The summed E-state index contributed by atoms with van der Waals surface area (Å²) in [7, 11) is 0. The molecule has 14 heavy (non-hydrogen) atoms. The largest absolute Gasteiger partial charge is 0.410 e. The first-order chi connectivity index (χ1) is 6.22. The normalized spacial score (nSPS) is 18.4. The van der Waals surface area contributed by atoms with Gasteiger partial charge in [-0.25, -0.2) is 0 Å². The molecule has 0 saturated heterocycles. The topological polar surface area (TPSA) is 29.1 Å². The lowest BCUT2D eigenvalue weighted by Gasteiger charge is -2.30. The molecule has 0 heterocycles. The highest BCUT2D eigenvalue weighted by Gasteiger charge is 2.47. The molecule has 0 atom stereocenters. The van der Waals surface area contributed by atoms with E-state index in [9.17, 15) is 18.0 Å². The van der Waals surface area contributed by atoms with Crippen molar-refractivity contribution in [1.82, 2.24) is 5.32 Å². The number of ketones is 1. The van der Waals surface area contributed by atoms with Gasteiger partial charge in [0, 0.05) is 18.2 Å². The summed E-state index contributed by atoms with van der Waals surface area (Å²) in [5.41, 5.74) is -1.61. The van der Waals surface area contributed by atoms with Gasteiger partial charge < -0.3 is 5.32 Å². The molecule has 0 amide bonds. The Labute approximate surface area is 80.2 Å². The van der Waals surface area contributed by atoms with Crippen LogP contribution in [-0.2, 0) is 4.79 Å². The van der Waals surface area contributed by atoms with Crippen molar-refractivity contribution < 1.29 is 18.0 Å². The summed E-state index contributed by atoms with van der Waals surface area (Å²) in [4.78, 5) is 10.8. The minimum Gasteiger partial charge on any atom is -0.375 e. The van der Waals surface area contributed by atoms with E-state index < -0.39 is 11.7 Å². The lowest BCUT2D eigenvalue weighted by molar-refractivity contribution is -0.183. The Balaban J connectivity index is 2.69. The van der Waals surface area contributed by atoms with Gasteiger partial charge in [0.15, 0.2) is 5.78 Å². The maximum atomic E-state index is 12.4. The SMILES string of the molecule is CC(C)(NC1=CC(=O)CC1)C(F)(F)F. The van der Waals surface area contributed by atoms with Crippen molar-refractivity contribution in [3.63, 3.8) is 0 Å². The fourth-order valence-electron chi connectivity index (χ4n) is 1.17. The molecule has 1 aliphatic rings. The second-order valence-electron chi connectivity index (χ2n) is 3.88. The van der Waals surface area contributed by atoms with E-state index in [1.807, 2.05) is 0 Å². The molecular weight excluding hydrogens is 195 g/mol. The molecule has 2 nitrogen and oxygen atoms in total. The molecule has 0 aromatic rings. The highest BCUT2D eigenvalue weighted by atomic mass is 19.4. The van der Waals surface area contributed by atoms with Crippen molar-refractivity contribution in [2.24, 2.45) is 0 Å². The zero-order valence-corrected chi connectivity index (χ0v) is 8.03. The molecule has 0 spiro atoms. The summed E-state index contributed by atoms with van der Waals surface area (Å²) in [5.74, 6) is -0.120. The number of rotatable bonds is 2. The van der Waals surface area contributed by atoms with E-state index in [-0.39, 0.29) is 5.78 Å². The van der Waals surface area contributed by atoms with Crippen molar-refractivity contribution >= 4 is 5.78 Å². The zero-order valence-electron chi connectivity index (χ0n) is 8.03. The van der Waals surface area contributed by atoms with Crippen LogP contribution in [0.3, 0.4) is 0 Å². The van der Waals surface area contributed by atoms with Crippen molar-refractivity contribution in [2.45, 2.75) is 38.4 Å². The van der Waals surface area contributed by atoms with Crippen molar-refractivity contribution in [2.75, 3.05) is 0 Å². The van der Waals surface area contributed by atoms with Crippen molar-refractivity contribution in [3.05, 3.63) is 11.8 Å². The van der Waals surface area contributed by atoms with Crippen molar-refractivity contribution in [3.8, 4) is 0 Å². The van der Waals surface area contributed by atoms with Crippen LogP contribution in [0.4, 0.5) is 13.2 Å². The molecule has 80 valence electrons. The molecular formula is C9H12F3NO. The summed E-state index contributed by atoms with van der Waals surface area (Å²) < 4.78 is 37.2. The average Bonchev–Trinajstić information content (AvgIpc) is 2.31. The molecule has 0 saturated carbocycles. The summed E-state index contributed by atoms with van der Waals surface area (Å²) in [6, 6.07) is 0. The number of hydrogen-bond donors (Lipinski definition) is 1. The number of nitrogens with one attached hydrogen (secondary N) is 1. The fraction of sp³-hybridized carbons (Fsp3) is 0.667. The van der Waals surface area contributed by atoms with E-state index in [1.54, 1.807) is 0 Å². The minimum absolute atomic E-state index is 0.120. The molecule has 0 aromatic carbocycles. The number of alkyl halides is 3. The second-order valence-corrected chi connectivity index (χ2v) is 3.88. The van der Waals surface area contributed by atoms with Gasteiger partial charge in [0.1, 0.15) is 5.54 Å². The lowest BCUT2D eigenvalue weighted by atomic mass is 10.0. The standard InChI is InChI=1S/C9H12F3NO/c1-8(2,9(10,11)12)13-6-3-4-7(14)5-6/h5,13H,3-4H2,1-2H3. The second kappa shape index (κ2) is 3.29. The van der Waals surface area contributed by atoms with Gasteiger partial charge in [0.25, 0.3) is 0 Å². The number of halogens is 3. The van der Waals surface area contributed by atoms with E-state index in [0.717, 1.165) is 13.8 Å². The number of carbonyl (C=O) groups excluding carboxylic acids is 1. The van der Waals surface area contributed by atoms with Gasteiger partial charge in [0.2, 0.25) is 0 Å². The molecule has 0 unspecified atom stereocenters. The predicted octanol–water partition coefficient (Wildman–Crippen LogP) is 2.16. The van der Waals surface area contributed by atoms with Gasteiger partial charge >= 0.3 is 6.18 Å². The number of carbonyl (C=O) groups is 1. The van der Waals surface area contributed by atoms with Gasteiger partial charge in [-0.15, -0.1) is 0 Å². The lowest BCUT2D eigenvalue weighted by Crippen LogP contribution is -2.51. The van der Waals surface area contributed by atoms with Gasteiger partial charge in [-0.05, 0) is 20.3 Å². The van der Waals surface area contributed by atoms with Gasteiger partial charge in [0.05, 0.1) is 0 Å². The Morgan fingerprint density at radius 1 is 1.29 bits per heavy atom. The Hall–Kier alpha value is -1.00. The highest BCUT2D eigenvalue weighted by molar-refractivity contribution is 5.92. The van der Waals surface area contributed by atoms with Crippen LogP contribution in [-0.4, -0.2) is 17.5 Å². The van der Waals surface area contributed by atoms with E-state index >= 15 is 0 Å². The van der Waals surface area contributed by atoms with Crippen LogP contribution >= 0.6 is 0 Å². The number of hydrogen-bond acceptors (Lipinski definition) is 2. The monoisotopic (exact) mass is 207 g/mol. The molecule has 1 aliphatic carbocycles. The zero-order chi connectivity index (χ0) is 11.0. The summed E-state index contributed by atoms with van der Waals surface area (Å²) >= 11 is 0. The first kappa shape index (κ1) is 11.1. The molecule has 1 N–H and O–H groups in total. The quantitative estimate of drug-likeness (QED) is 0.751. The summed E-state index contributed by atoms with van der Waals surface area (Å²) in [6.45, 7) is 2.10. The molecule has 0 aliphatic heterocycles. The van der Waals surface area contributed by atoms with Gasteiger partial charge in [-0.3, -0.25) is 4.79 Å². The Morgan fingerprint density at radius 3 is 2.21 bits per heavy atom. The molecule has 1 rings (SSSR count). The van der Waals surface area contributed by atoms with Crippen molar-refractivity contribution in [1.29, 1.82) is 0 Å². The molecule has 0 fully saturated rings. The summed E-state index contributed by atoms with van der Waals surface area (Å²) in [6.07, 6.45) is -2.40. The van der Waals surface area contributed by atoms with Crippen LogP contribution in [0.1, 0.15) is 26.7 Å².